The van der Waals surface area contributed by atoms with Crippen LogP contribution in [0.15, 0.2) is 11.6 Å². The molecule has 0 spiro atoms. The second-order valence-corrected chi connectivity index (χ2v) is 15.3. The van der Waals surface area contributed by atoms with E-state index in [-0.39, 0.29) is 12.2 Å². The molecule has 0 heterocycles. The molecule has 0 aromatic carbocycles. The van der Waals surface area contributed by atoms with E-state index < -0.39 is 0 Å². The highest BCUT2D eigenvalue weighted by molar-refractivity contribution is 5.67. The number of hydrogen-bond donors (Lipinski definition) is 2. The number of ether oxygens (including phenoxy) is 1. The number of hydrogen-bond acceptors (Lipinski definition) is 2. The third-order valence-corrected chi connectivity index (χ3v) is 12.4. The van der Waals surface area contributed by atoms with Crippen LogP contribution in [0.4, 0.5) is 4.79 Å². The Labute approximate surface area is 246 Å². The highest BCUT2D eigenvalue weighted by Crippen LogP contribution is 2.67. The summed E-state index contributed by atoms with van der Waals surface area (Å²) in [4.78, 5) is 15.1. The van der Waals surface area contributed by atoms with E-state index in [0.29, 0.717) is 10.8 Å². The Hall–Kier alpha value is -1.07. The first-order chi connectivity index (χ1) is 19.1. The van der Waals surface area contributed by atoms with Gasteiger partial charge in [0.15, 0.2) is 0 Å². The molecule has 4 aliphatic carbocycles. The van der Waals surface area contributed by atoms with E-state index in [1.807, 2.05) is 4.90 Å². The van der Waals surface area contributed by atoms with Crippen molar-refractivity contribution in [3.63, 3.8) is 0 Å². The fourth-order valence-corrected chi connectivity index (χ4v) is 10.0. The molecule has 0 radical (unpaired) electrons. The smallest absolute Gasteiger partial charge is 0.410 e. The molecule has 3 fully saturated rings. The highest BCUT2D eigenvalue weighted by atomic mass is 16.6. The molecule has 5 heteroatoms. The van der Waals surface area contributed by atoms with Gasteiger partial charge in [0.1, 0.15) is 6.10 Å². The van der Waals surface area contributed by atoms with Gasteiger partial charge >= 0.3 is 6.09 Å². The number of fused-ring (bicyclic) bond motifs is 5. The van der Waals surface area contributed by atoms with Gasteiger partial charge in [0.05, 0.1) is 13.1 Å². The minimum Gasteiger partial charge on any atom is -0.446 e. The van der Waals surface area contributed by atoms with Crippen LogP contribution < -0.4 is 11.5 Å². The SMILES string of the molecule is CC(C)CCC[C@@H](C)[C@H]1CC[C@H]2[C@@H]3CC=C4C[C@@H](OC(=O)N(CCC[NH3+])CCCC[NH3+])CC[C@]4(C)[C@H]3CC[C@]12C. The van der Waals surface area contributed by atoms with Gasteiger partial charge in [-0.05, 0) is 104 Å². The first-order valence-corrected chi connectivity index (χ1v) is 17.4. The first kappa shape index (κ1) is 31.9. The Kier molecular flexibility index (Phi) is 11.1. The van der Waals surface area contributed by atoms with Crippen LogP contribution in [0.1, 0.15) is 125 Å². The maximum Gasteiger partial charge on any atom is 0.410 e. The molecular formula is C35H65N3O2+2. The number of rotatable bonds is 13. The van der Waals surface area contributed by atoms with Crippen molar-refractivity contribution in [2.45, 2.75) is 131 Å². The van der Waals surface area contributed by atoms with Gasteiger partial charge in [-0.25, -0.2) is 4.79 Å². The molecule has 4 aliphatic rings. The van der Waals surface area contributed by atoms with E-state index in [0.717, 1.165) is 93.8 Å². The van der Waals surface area contributed by atoms with Gasteiger partial charge in [-0.1, -0.05) is 65.5 Å². The molecule has 0 aromatic heterocycles. The van der Waals surface area contributed by atoms with E-state index in [4.69, 9.17) is 4.74 Å². The lowest BCUT2D eigenvalue weighted by Gasteiger charge is -2.58. The zero-order valence-corrected chi connectivity index (χ0v) is 27.0. The topological polar surface area (TPSA) is 84.8 Å². The lowest BCUT2D eigenvalue weighted by molar-refractivity contribution is -0.369. The Morgan fingerprint density at radius 3 is 2.42 bits per heavy atom. The molecule has 8 atom stereocenters. The van der Waals surface area contributed by atoms with Gasteiger partial charge < -0.3 is 21.1 Å². The standard InChI is InChI=1S/C35H63N3O2/c1-25(2)10-8-11-26(3)30-14-15-31-29-13-12-27-24-28(16-18-34(27,4)32(29)17-19-35(30,31)5)40-33(39)38(23-9-21-37)22-7-6-20-36/h12,25-26,28-32H,6-11,13-24,36-37H2,1-5H3/p+2/t26-,28+,29+,30-,31+,32+,34+,35-/m1/s1. The first-order valence-electron chi connectivity index (χ1n) is 17.4. The maximum atomic E-state index is 13.2. The quantitative estimate of drug-likeness (QED) is 0.200. The molecule has 0 aromatic rings. The summed E-state index contributed by atoms with van der Waals surface area (Å²) in [6, 6.07) is 0. The average molecular weight is 560 g/mol. The summed E-state index contributed by atoms with van der Waals surface area (Å²) in [5.74, 6) is 5.18. The van der Waals surface area contributed by atoms with Gasteiger partial charge in [0.2, 0.25) is 0 Å². The second kappa shape index (κ2) is 13.9. The lowest BCUT2D eigenvalue weighted by atomic mass is 9.47. The predicted octanol–water partition coefficient (Wildman–Crippen LogP) is 6.49. The molecule has 6 N–H and O–H groups in total. The summed E-state index contributed by atoms with van der Waals surface area (Å²) in [5, 5.41) is 0. The monoisotopic (exact) mass is 560 g/mol. The number of carbonyl (C=O) groups is 1. The summed E-state index contributed by atoms with van der Waals surface area (Å²) >= 11 is 0. The van der Waals surface area contributed by atoms with Crippen LogP contribution in [-0.4, -0.2) is 43.3 Å². The van der Waals surface area contributed by atoms with Crippen LogP contribution in [0.25, 0.3) is 0 Å². The number of nitrogens with zero attached hydrogens (tertiary/aromatic N) is 1. The van der Waals surface area contributed by atoms with Crippen molar-refractivity contribution < 1.29 is 21.0 Å². The van der Waals surface area contributed by atoms with Crippen LogP contribution >= 0.6 is 0 Å². The third-order valence-electron chi connectivity index (χ3n) is 12.4. The van der Waals surface area contributed by atoms with Crippen molar-refractivity contribution in [2.24, 2.45) is 46.3 Å². The zero-order valence-electron chi connectivity index (χ0n) is 27.0. The molecule has 4 rings (SSSR count). The Morgan fingerprint density at radius 2 is 1.70 bits per heavy atom. The van der Waals surface area contributed by atoms with Crippen LogP contribution in [0.3, 0.4) is 0 Å². The minimum atomic E-state index is -0.103. The van der Waals surface area contributed by atoms with Crippen molar-refractivity contribution in [1.82, 2.24) is 4.90 Å². The largest absolute Gasteiger partial charge is 0.446 e. The summed E-state index contributed by atoms with van der Waals surface area (Å²) in [5.41, 5.74) is 10.4. The van der Waals surface area contributed by atoms with Crippen molar-refractivity contribution in [3.05, 3.63) is 11.6 Å². The molecule has 40 heavy (non-hydrogen) atoms. The fraction of sp³-hybridized carbons (Fsp3) is 0.914. The lowest BCUT2D eigenvalue weighted by Crippen LogP contribution is -2.52. The molecule has 0 bridgehead atoms. The normalized spacial score (nSPS) is 35.9. The van der Waals surface area contributed by atoms with Gasteiger partial charge in [-0.15, -0.1) is 0 Å². The number of amides is 1. The summed E-state index contributed by atoms with van der Waals surface area (Å²) < 4.78 is 6.19. The summed E-state index contributed by atoms with van der Waals surface area (Å²) in [7, 11) is 0. The Bertz CT molecular complexity index is 858. The molecule has 0 unspecified atom stereocenters. The average Bonchev–Trinajstić information content (AvgIpc) is 3.28. The number of unbranched alkanes of at least 4 members (excludes halogenated alkanes) is 1. The van der Waals surface area contributed by atoms with E-state index in [2.05, 4.69) is 52.2 Å². The van der Waals surface area contributed by atoms with Crippen molar-refractivity contribution >= 4 is 6.09 Å². The zero-order chi connectivity index (χ0) is 28.9. The van der Waals surface area contributed by atoms with E-state index in [9.17, 15) is 4.79 Å². The summed E-state index contributed by atoms with van der Waals surface area (Å²) in [6.07, 6.45) is 19.9. The molecule has 0 aliphatic heterocycles. The van der Waals surface area contributed by atoms with Crippen molar-refractivity contribution in [1.29, 1.82) is 0 Å². The highest BCUT2D eigenvalue weighted by Gasteiger charge is 2.59. The van der Waals surface area contributed by atoms with Gasteiger partial charge in [0.25, 0.3) is 0 Å². The molecular weight excluding hydrogens is 494 g/mol. The van der Waals surface area contributed by atoms with Gasteiger partial charge in [-0.3, -0.25) is 0 Å². The van der Waals surface area contributed by atoms with E-state index >= 15 is 0 Å². The predicted molar refractivity (Wildman–Crippen MR) is 164 cm³/mol. The molecule has 3 saturated carbocycles. The van der Waals surface area contributed by atoms with Crippen molar-refractivity contribution in [3.8, 4) is 0 Å². The molecule has 0 saturated heterocycles. The molecule has 1 amide bonds. The molecule has 5 nitrogen and oxygen atoms in total. The third kappa shape index (κ3) is 6.77. The number of carbonyl (C=O) groups excluding carboxylic acids is 1. The fourth-order valence-electron chi connectivity index (χ4n) is 10.0. The maximum absolute atomic E-state index is 13.2. The van der Waals surface area contributed by atoms with E-state index in [1.54, 1.807) is 5.57 Å². The van der Waals surface area contributed by atoms with Crippen LogP contribution in [0, 0.1) is 46.3 Å². The molecule has 230 valence electrons. The van der Waals surface area contributed by atoms with Crippen LogP contribution in [0.5, 0.6) is 0 Å². The van der Waals surface area contributed by atoms with Crippen LogP contribution in [-0.2, 0) is 4.74 Å². The summed E-state index contributed by atoms with van der Waals surface area (Å²) in [6.45, 7) is 15.9. The van der Waals surface area contributed by atoms with E-state index in [1.165, 1.54) is 57.8 Å². The second-order valence-electron chi connectivity index (χ2n) is 15.3. The Morgan fingerprint density at radius 1 is 0.950 bits per heavy atom. The van der Waals surface area contributed by atoms with Gasteiger partial charge in [-0.2, -0.15) is 0 Å². The minimum absolute atomic E-state index is 0.0369. The van der Waals surface area contributed by atoms with Crippen LogP contribution in [0.2, 0.25) is 0 Å². The number of quaternary nitrogens is 2. The van der Waals surface area contributed by atoms with Gasteiger partial charge in [0, 0.05) is 25.9 Å². The number of allylic oxidation sites excluding steroid dienone is 1. The Balaban J connectivity index is 1.38. The van der Waals surface area contributed by atoms with Crippen molar-refractivity contribution in [2.75, 3.05) is 26.2 Å².